The molecular formula is C17H27NO3. The molecule has 1 fully saturated rings. The van der Waals surface area contributed by atoms with E-state index in [2.05, 4.69) is 25.2 Å². The quantitative estimate of drug-likeness (QED) is 0.839. The molecule has 1 saturated heterocycles. The zero-order valence-electron chi connectivity index (χ0n) is 13.4. The van der Waals surface area contributed by atoms with Gasteiger partial charge in [-0.25, -0.2) is 0 Å². The van der Waals surface area contributed by atoms with E-state index in [1.54, 1.807) is 7.11 Å². The normalized spacial score (nSPS) is 18.8. The molecule has 4 nitrogen and oxygen atoms in total. The second-order valence-corrected chi connectivity index (χ2v) is 5.96. The lowest BCUT2D eigenvalue weighted by Crippen LogP contribution is -2.28. The molecule has 1 aliphatic heterocycles. The molecule has 1 unspecified atom stereocenters. The highest BCUT2D eigenvalue weighted by atomic mass is 16.5. The Bertz CT molecular complexity index is 428. The summed E-state index contributed by atoms with van der Waals surface area (Å²) in [5.74, 6) is 2.37. The van der Waals surface area contributed by atoms with Crippen LogP contribution < -0.4 is 14.8 Å². The fraction of sp³-hybridized carbons (Fsp3) is 0.647. The number of benzene rings is 1. The van der Waals surface area contributed by atoms with Gasteiger partial charge >= 0.3 is 0 Å². The van der Waals surface area contributed by atoms with Gasteiger partial charge in [0.25, 0.3) is 0 Å². The van der Waals surface area contributed by atoms with Gasteiger partial charge in [-0.3, -0.25) is 0 Å². The highest BCUT2D eigenvalue weighted by Crippen LogP contribution is 2.27. The van der Waals surface area contributed by atoms with Gasteiger partial charge in [-0.1, -0.05) is 19.9 Å². The molecule has 1 heterocycles. The first kappa shape index (κ1) is 16.1. The summed E-state index contributed by atoms with van der Waals surface area (Å²) in [4.78, 5) is 0. The lowest BCUT2D eigenvalue weighted by Gasteiger charge is -2.25. The standard InChI is InChI=1S/C17H27NO3/c1-13(2)10-18-11-14-6-7-15(19-3)9-17(14)21-16-5-4-8-20-12-16/h6-7,9,13,16,18H,4-5,8,10-12H2,1-3H3. The van der Waals surface area contributed by atoms with Crippen LogP contribution in [0.4, 0.5) is 0 Å². The van der Waals surface area contributed by atoms with Gasteiger partial charge in [-0.05, 0) is 31.4 Å². The van der Waals surface area contributed by atoms with Crippen LogP contribution in [0.2, 0.25) is 0 Å². The molecule has 118 valence electrons. The van der Waals surface area contributed by atoms with Gasteiger partial charge in [0, 0.05) is 24.8 Å². The van der Waals surface area contributed by atoms with Crippen LogP contribution in [0, 0.1) is 5.92 Å². The van der Waals surface area contributed by atoms with Crippen LogP contribution in [-0.2, 0) is 11.3 Å². The molecule has 0 aliphatic carbocycles. The molecule has 1 aromatic carbocycles. The van der Waals surface area contributed by atoms with Gasteiger partial charge in [0.2, 0.25) is 0 Å². The summed E-state index contributed by atoms with van der Waals surface area (Å²) in [5, 5.41) is 3.46. The van der Waals surface area contributed by atoms with E-state index >= 15 is 0 Å². The third-order valence-corrected chi connectivity index (χ3v) is 3.55. The average Bonchev–Trinajstić information content (AvgIpc) is 2.49. The summed E-state index contributed by atoms with van der Waals surface area (Å²) < 4.78 is 16.9. The van der Waals surface area contributed by atoms with Gasteiger partial charge in [-0.2, -0.15) is 0 Å². The van der Waals surface area contributed by atoms with Crippen LogP contribution in [0.1, 0.15) is 32.3 Å². The number of methoxy groups -OCH3 is 1. The summed E-state index contributed by atoms with van der Waals surface area (Å²) in [5.41, 5.74) is 1.17. The van der Waals surface area contributed by atoms with Gasteiger partial charge in [0.1, 0.15) is 17.6 Å². The van der Waals surface area contributed by atoms with E-state index in [4.69, 9.17) is 14.2 Å². The van der Waals surface area contributed by atoms with Crippen LogP contribution >= 0.6 is 0 Å². The first-order chi connectivity index (χ1) is 10.2. The Morgan fingerprint density at radius 1 is 1.38 bits per heavy atom. The zero-order chi connectivity index (χ0) is 15.1. The number of nitrogens with one attached hydrogen (secondary N) is 1. The molecule has 4 heteroatoms. The number of hydrogen-bond donors (Lipinski definition) is 1. The largest absolute Gasteiger partial charge is 0.497 e. The van der Waals surface area contributed by atoms with Crippen molar-refractivity contribution in [2.24, 2.45) is 5.92 Å². The highest BCUT2D eigenvalue weighted by Gasteiger charge is 2.17. The van der Waals surface area contributed by atoms with Crippen molar-refractivity contribution in [3.63, 3.8) is 0 Å². The van der Waals surface area contributed by atoms with Crippen molar-refractivity contribution in [2.75, 3.05) is 26.9 Å². The second-order valence-electron chi connectivity index (χ2n) is 5.96. The van der Waals surface area contributed by atoms with E-state index in [1.807, 2.05) is 12.1 Å². The lowest BCUT2D eigenvalue weighted by molar-refractivity contribution is 0.00692. The summed E-state index contributed by atoms with van der Waals surface area (Å²) in [6.07, 6.45) is 2.26. The summed E-state index contributed by atoms with van der Waals surface area (Å²) in [6, 6.07) is 6.03. The van der Waals surface area contributed by atoms with E-state index in [0.717, 1.165) is 44.0 Å². The van der Waals surface area contributed by atoms with E-state index in [-0.39, 0.29) is 6.10 Å². The monoisotopic (exact) mass is 293 g/mol. The van der Waals surface area contributed by atoms with Gasteiger partial charge in [0.05, 0.1) is 13.7 Å². The van der Waals surface area contributed by atoms with Crippen molar-refractivity contribution in [1.29, 1.82) is 0 Å². The fourth-order valence-corrected chi connectivity index (χ4v) is 2.40. The number of hydrogen-bond acceptors (Lipinski definition) is 4. The average molecular weight is 293 g/mol. The summed E-state index contributed by atoms with van der Waals surface area (Å²) in [7, 11) is 1.68. The van der Waals surface area contributed by atoms with Crippen molar-refractivity contribution < 1.29 is 14.2 Å². The van der Waals surface area contributed by atoms with Crippen molar-refractivity contribution in [3.8, 4) is 11.5 Å². The molecule has 0 saturated carbocycles. The van der Waals surface area contributed by atoms with Crippen LogP contribution in [-0.4, -0.2) is 33.0 Å². The third-order valence-electron chi connectivity index (χ3n) is 3.55. The molecule has 0 bridgehead atoms. The number of ether oxygens (including phenoxy) is 3. The molecule has 0 amide bonds. The first-order valence-electron chi connectivity index (χ1n) is 7.81. The van der Waals surface area contributed by atoms with Crippen LogP contribution in [0.15, 0.2) is 18.2 Å². The Labute approximate surface area is 127 Å². The van der Waals surface area contributed by atoms with Crippen LogP contribution in [0.25, 0.3) is 0 Å². The molecule has 1 aromatic rings. The van der Waals surface area contributed by atoms with E-state index in [1.165, 1.54) is 5.56 Å². The Balaban J connectivity index is 2.03. The SMILES string of the molecule is COc1ccc(CNCC(C)C)c(OC2CCCOC2)c1. The molecule has 1 N–H and O–H groups in total. The Morgan fingerprint density at radius 3 is 2.90 bits per heavy atom. The smallest absolute Gasteiger partial charge is 0.128 e. The van der Waals surface area contributed by atoms with Crippen LogP contribution in [0.5, 0.6) is 11.5 Å². The van der Waals surface area contributed by atoms with Gasteiger partial charge in [0.15, 0.2) is 0 Å². The topological polar surface area (TPSA) is 39.7 Å². The Morgan fingerprint density at radius 2 is 2.24 bits per heavy atom. The summed E-state index contributed by atoms with van der Waals surface area (Å²) in [6.45, 7) is 7.75. The molecule has 1 aliphatic rings. The predicted octanol–water partition coefficient (Wildman–Crippen LogP) is 3.00. The minimum atomic E-state index is 0.148. The van der Waals surface area contributed by atoms with Crippen molar-refractivity contribution in [2.45, 2.75) is 39.3 Å². The van der Waals surface area contributed by atoms with Gasteiger partial charge in [-0.15, -0.1) is 0 Å². The molecule has 1 atom stereocenters. The Hall–Kier alpha value is -1.26. The fourth-order valence-electron chi connectivity index (χ4n) is 2.40. The third kappa shape index (κ3) is 5.21. The summed E-state index contributed by atoms with van der Waals surface area (Å²) >= 11 is 0. The van der Waals surface area contributed by atoms with E-state index in [0.29, 0.717) is 12.5 Å². The van der Waals surface area contributed by atoms with Crippen LogP contribution in [0.3, 0.4) is 0 Å². The second kappa shape index (κ2) is 8.25. The molecule has 0 spiro atoms. The van der Waals surface area contributed by atoms with E-state index in [9.17, 15) is 0 Å². The highest BCUT2D eigenvalue weighted by molar-refractivity contribution is 5.41. The molecule has 21 heavy (non-hydrogen) atoms. The molecule has 0 aromatic heterocycles. The maximum Gasteiger partial charge on any atom is 0.128 e. The number of rotatable bonds is 7. The van der Waals surface area contributed by atoms with Crippen molar-refractivity contribution in [3.05, 3.63) is 23.8 Å². The molecular weight excluding hydrogens is 266 g/mol. The maximum atomic E-state index is 6.14. The Kier molecular flexibility index (Phi) is 6.33. The molecule has 0 radical (unpaired) electrons. The maximum absolute atomic E-state index is 6.14. The predicted molar refractivity (Wildman–Crippen MR) is 84.0 cm³/mol. The minimum absolute atomic E-state index is 0.148. The first-order valence-corrected chi connectivity index (χ1v) is 7.81. The molecule has 2 rings (SSSR count). The van der Waals surface area contributed by atoms with E-state index < -0.39 is 0 Å². The van der Waals surface area contributed by atoms with Crippen molar-refractivity contribution >= 4 is 0 Å². The van der Waals surface area contributed by atoms with Crippen molar-refractivity contribution in [1.82, 2.24) is 5.32 Å². The minimum Gasteiger partial charge on any atom is -0.497 e. The lowest BCUT2D eigenvalue weighted by atomic mass is 10.1. The zero-order valence-corrected chi connectivity index (χ0v) is 13.4. The van der Waals surface area contributed by atoms with Gasteiger partial charge < -0.3 is 19.5 Å².